The molecule has 1 N–H and O–H groups in total. The van der Waals surface area contributed by atoms with Gasteiger partial charge in [-0.15, -0.1) is 0 Å². The third kappa shape index (κ3) is 3.30. The third-order valence-electron chi connectivity index (χ3n) is 2.98. The van der Waals surface area contributed by atoms with Crippen molar-refractivity contribution < 1.29 is 4.74 Å². The number of ether oxygens (including phenoxy) is 1. The fourth-order valence-corrected chi connectivity index (χ4v) is 2.37. The number of nitrogens with zero attached hydrogens (tertiary/aromatic N) is 2. The van der Waals surface area contributed by atoms with Crippen LogP contribution in [0.4, 0.5) is 5.82 Å². The first-order valence-corrected chi connectivity index (χ1v) is 6.41. The van der Waals surface area contributed by atoms with Crippen LogP contribution in [0.3, 0.4) is 0 Å². The van der Waals surface area contributed by atoms with Gasteiger partial charge >= 0.3 is 0 Å². The molecule has 0 radical (unpaired) electrons. The predicted molar refractivity (Wildman–Crippen MR) is 68.3 cm³/mol. The monoisotopic (exact) mass is 255 g/mol. The number of rotatable bonds is 3. The summed E-state index contributed by atoms with van der Waals surface area (Å²) in [6.07, 6.45) is 4.08. The molecule has 0 saturated carbocycles. The van der Waals surface area contributed by atoms with Crippen molar-refractivity contribution in [2.45, 2.75) is 38.8 Å². The van der Waals surface area contributed by atoms with E-state index in [0.717, 1.165) is 25.3 Å². The van der Waals surface area contributed by atoms with Crippen molar-refractivity contribution in [2.24, 2.45) is 5.92 Å². The zero-order valence-corrected chi connectivity index (χ0v) is 10.9. The number of halogens is 1. The van der Waals surface area contributed by atoms with Crippen molar-refractivity contribution in [2.75, 3.05) is 11.9 Å². The smallest absolute Gasteiger partial charge is 0.224 e. The highest BCUT2D eigenvalue weighted by molar-refractivity contribution is 6.28. The fraction of sp³-hybridized carbons (Fsp3) is 0.667. The first kappa shape index (κ1) is 12.6. The molecule has 1 aromatic rings. The van der Waals surface area contributed by atoms with E-state index in [0.29, 0.717) is 12.0 Å². The Morgan fingerprint density at radius 3 is 3.06 bits per heavy atom. The van der Waals surface area contributed by atoms with Crippen LogP contribution >= 0.6 is 11.6 Å². The van der Waals surface area contributed by atoms with E-state index in [2.05, 4.69) is 29.1 Å². The van der Waals surface area contributed by atoms with Gasteiger partial charge in [-0.1, -0.05) is 13.8 Å². The van der Waals surface area contributed by atoms with E-state index >= 15 is 0 Å². The predicted octanol–water partition coefficient (Wildman–Crippen LogP) is 2.75. The first-order chi connectivity index (χ1) is 8.16. The minimum atomic E-state index is 0.234. The van der Waals surface area contributed by atoms with E-state index in [1.54, 1.807) is 6.20 Å². The van der Waals surface area contributed by atoms with Crippen molar-refractivity contribution >= 4 is 17.4 Å². The van der Waals surface area contributed by atoms with Gasteiger partial charge in [0.15, 0.2) is 0 Å². The molecule has 4 nitrogen and oxygen atoms in total. The van der Waals surface area contributed by atoms with Crippen LogP contribution in [-0.2, 0) is 4.74 Å². The van der Waals surface area contributed by atoms with E-state index in [-0.39, 0.29) is 11.4 Å². The lowest BCUT2D eigenvalue weighted by Gasteiger charge is -2.35. The lowest BCUT2D eigenvalue weighted by atomic mass is 9.94. The summed E-state index contributed by atoms with van der Waals surface area (Å²) in [6.45, 7) is 5.21. The minimum absolute atomic E-state index is 0.234. The van der Waals surface area contributed by atoms with Gasteiger partial charge in [-0.25, -0.2) is 9.97 Å². The summed E-state index contributed by atoms with van der Waals surface area (Å²) < 4.78 is 5.82. The van der Waals surface area contributed by atoms with Crippen LogP contribution in [-0.4, -0.2) is 28.7 Å². The molecule has 1 fully saturated rings. The molecule has 0 spiro atoms. The lowest BCUT2D eigenvalue weighted by molar-refractivity contribution is -0.0203. The molecule has 0 unspecified atom stereocenters. The zero-order chi connectivity index (χ0) is 12.3. The van der Waals surface area contributed by atoms with Crippen LogP contribution in [0.5, 0.6) is 0 Å². The molecule has 1 aromatic heterocycles. The van der Waals surface area contributed by atoms with Crippen LogP contribution in [0.2, 0.25) is 5.28 Å². The number of aromatic nitrogens is 2. The van der Waals surface area contributed by atoms with Gasteiger partial charge in [-0.2, -0.15) is 0 Å². The summed E-state index contributed by atoms with van der Waals surface area (Å²) in [4.78, 5) is 8.02. The molecule has 0 aliphatic carbocycles. The summed E-state index contributed by atoms with van der Waals surface area (Å²) in [6, 6.07) is 2.13. The van der Waals surface area contributed by atoms with Crippen LogP contribution in [0, 0.1) is 5.92 Å². The molecule has 94 valence electrons. The SMILES string of the molecule is CC(C)[C@@H]1OCCC[C@H]1Nc1ccnc(Cl)n1. The molecule has 17 heavy (non-hydrogen) atoms. The Morgan fingerprint density at radius 1 is 1.53 bits per heavy atom. The highest BCUT2D eigenvalue weighted by Gasteiger charge is 2.28. The molecule has 2 heterocycles. The Kier molecular flexibility index (Phi) is 4.18. The second kappa shape index (κ2) is 5.65. The average molecular weight is 256 g/mol. The highest BCUT2D eigenvalue weighted by atomic mass is 35.5. The molecular weight excluding hydrogens is 238 g/mol. The summed E-state index contributed by atoms with van der Waals surface area (Å²) in [5.41, 5.74) is 0. The van der Waals surface area contributed by atoms with Gasteiger partial charge < -0.3 is 10.1 Å². The molecule has 1 saturated heterocycles. The van der Waals surface area contributed by atoms with Gasteiger partial charge in [0.05, 0.1) is 12.1 Å². The Bertz CT molecular complexity index is 373. The second-order valence-electron chi connectivity index (χ2n) is 4.68. The molecule has 0 bridgehead atoms. The number of nitrogens with one attached hydrogen (secondary N) is 1. The number of anilines is 1. The van der Waals surface area contributed by atoms with Crippen molar-refractivity contribution in [3.63, 3.8) is 0 Å². The maximum Gasteiger partial charge on any atom is 0.224 e. The van der Waals surface area contributed by atoms with Crippen LogP contribution < -0.4 is 5.32 Å². The summed E-state index contributed by atoms with van der Waals surface area (Å²) in [5, 5.41) is 3.66. The van der Waals surface area contributed by atoms with E-state index in [4.69, 9.17) is 16.3 Å². The van der Waals surface area contributed by atoms with Gasteiger partial charge in [-0.05, 0) is 36.4 Å². The molecule has 2 rings (SSSR count). The van der Waals surface area contributed by atoms with Crippen molar-refractivity contribution in [1.82, 2.24) is 9.97 Å². The summed E-state index contributed by atoms with van der Waals surface area (Å²) in [5.74, 6) is 1.26. The standard InChI is InChI=1S/C12H18ClN3O/c1-8(2)11-9(4-3-7-17-11)15-10-5-6-14-12(13)16-10/h5-6,8-9,11H,3-4,7H2,1-2H3,(H,14,15,16)/t9-,11+/m1/s1. The summed E-state index contributed by atoms with van der Waals surface area (Å²) in [7, 11) is 0. The molecule has 1 aliphatic rings. The van der Waals surface area contributed by atoms with E-state index < -0.39 is 0 Å². The quantitative estimate of drug-likeness (QED) is 0.844. The maximum absolute atomic E-state index is 5.82. The largest absolute Gasteiger partial charge is 0.376 e. The van der Waals surface area contributed by atoms with Gasteiger partial charge in [0, 0.05) is 12.8 Å². The fourth-order valence-electron chi connectivity index (χ4n) is 2.22. The van der Waals surface area contributed by atoms with Crippen molar-refractivity contribution in [3.8, 4) is 0 Å². The lowest BCUT2D eigenvalue weighted by Crippen LogP contribution is -2.43. The Labute approximate surface area is 107 Å². The van der Waals surface area contributed by atoms with E-state index in [9.17, 15) is 0 Å². The Balaban J connectivity index is 2.05. The topological polar surface area (TPSA) is 47.0 Å². The van der Waals surface area contributed by atoms with Gasteiger partial charge in [0.1, 0.15) is 5.82 Å². The number of hydrogen-bond acceptors (Lipinski definition) is 4. The van der Waals surface area contributed by atoms with E-state index in [1.165, 1.54) is 0 Å². The average Bonchev–Trinajstić information content (AvgIpc) is 2.29. The minimum Gasteiger partial charge on any atom is -0.376 e. The molecule has 0 amide bonds. The van der Waals surface area contributed by atoms with Gasteiger partial charge in [-0.3, -0.25) is 0 Å². The molecular formula is C12H18ClN3O. The normalized spacial score (nSPS) is 24.9. The van der Waals surface area contributed by atoms with Crippen LogP contribution in [0.25, 0.3) is 0 Å². The van der Waals surface area contributed by atoms with Crippen molar-refractivity contribution in [3.05, 3.63) is 17.5 Å². The highest BCUT2D eigenvalue weighted by Crippen LogP contribution is 2.23. The molecule has 0 aromatic carbocycles. The zero-order valence-electron chi connectivity index (χ0n) is 10.2. The molecule has 2 atom stereocenters. The van der Waals surface area contributed by atoms with Crippen LogP contribution in [0.15, 0.2) is 12.3 Å². The molecule has 1 aliphatic heterocycles. The second-order valence-corrected chi connectivity index (χ2v) is 5.02. The summed E-state index contributed by atoms with van der Waals surface area (Å²) >= 11 is 5.77. The van der Waals surface area contributed by atoms with E-state index in [1.807, 2.05) is 6.07 Å². The Morgan fingerprint density at radius 2 is 2.35 bits per heavy atom. The van der Waals surface area contributed by atoms with Crippen molar-refractivity contribution in [1.29, 1.82) is 0 Å². The third-order valence-corrected chi connectivity index (χ3v) is 3.16. The first-order valence-electron chi connectivity index (χ1n) is 6.03. The van der Waals surface area contributed by atoms with Gasteiger partial charge in [0.25, 0.3) is 0 Å². The van der Waals surface area contributed by atoms with Crippen LogP contribution in [0.1, 0.15) is 26.7 Å². The van der Waals surface area contributed by atoms with Gasteiger partial charge in [0.2, 0.25) is 5.28 Å². The number of hydrogen-bond donors (Lipinski definition) is 1. The maximum atomic E-state index is 5.82. The Hall–Kier alpha value is -0.870. The molecule has 5 heteroatoms.